The fraction of sp³-hybridized carbons (Fsp3) is 0.462. The number of hydrogen-bond acceptors (Lipinski definition) is 2. The molecule has 1 aromatic carbocycles. The minimum absolute atomic E-state index is 0.0471. The number of carbonyl (C=O) groups is 1. The van der Waals surface area contributed by atoms with Crippen molar-refractivity contribution in [3.05, 3.63) is 29.6 Å². The first-order valence-corrected chi connectivity index (χ1v) is 6.13. The highest BCUT2D eigenvalue weighted by Crippen LogP contribution is 2.30. The van der Waals surface area contributed by atoms with Crippen LogP contribution in [0.1, 0.15) is 32.1 Å². The smallest absolute Gasteiger partial charge is 0.226 e. The molecule has 0 heterocycles. The van der Waals surface area contributed by atoms with Crippen LogP contribution in [0.3, 0.4) is 0 Å². The second-order valence-electron chi connectivity index (χ2n) is 5.02. The zero-order valence-electron chi connectivity index (χ0n) is 10.3. The van der Waals surface area contributed by atoms with E-state index in [4.69, 9.17) is 5.73 Å². The van der Waals surface area contributed by atoms with Crippen LogP contribution in [0, 0.1) is 17.5 Å². The van der Waals surface area contributed by atoms with Gasteiger partial charge < -0.3 is 11.1 Å². The van der Waals surface area contributed by atoms with Gasteiger partial charge >= 0.3 is 0 Å². The average molecular weight is 272 g/mol. The van der Waals surface area contributed by atoms with Crippen LogP contribution < -0.4 is 11.1 Å². The molecule has 0 bridgehead atoms. The Morgan fingerprint density at radius 1 is 1.21 bits per heavy atom. The normalized spacial score (nSPS) is 17.5. The number of carbonyl (C=O) groups excluding carboxylic acids is 1. The Morgan fingerprint density at radius 2 is 1.84 bits per heavy atom. The molecule has 0 aromatic heterocycles. The molecule has 0 atom stereocenters. The van der Waals surface area contributed by atoms with Crippen LogP contribution in [0.5, 0.6) is 0 Å². The molecule has 1 saturated carbocycles. The van der Waals surface area contributed by atoms with Crippen LogP contribution in [0.2, 0.25) is 0 Å². The predicted molar refractivity (Wildman–Crippen MR) is 64.9 cm³/mol. The van der Waals surface area contributed by atoms with Gasteiger partial charge in [-0.3, -0.25) is 4.79 Å². The monoisotopic (exact) mass is 272 g/mol. The van der Waals surface area contributed by atoms with Gasteiger partial charge in [-0.15, -0.1) is 0 Å². The second-order valence-corrected chi connectivity index (χ2v) is 5.02. The van der Waals surface area contributed by atoms with Gasteiger partial charge in [0.1, 0.15) is 0 Å². The summed E-state index contributed by atoms with van der Waals surface area (Å²) in [6, 6.07) is 1.76. The Kier molecular flexibility index (Phi) is 3.80. The van der Waals surface area contributed by atoms with E-state index in [-0.39, 0.29) is 12.1 Å². The van der Waals surface area contributed by atoms with E-state index < -0.39 is 28.9 Å². The highest BCUT2D eigenvalue weighted by Gasteiger charge is 2.32. The molecule has 0 radical (unpaired) electrons. The minimum Gasteiger partial charge on any atom is -0.325 e. The van der Waals surface area contributed by atoms with Crippen molar-refractivity contribution in [3.63, 3.8) is 0 Å². The van der Waals surface area contributed by atoms with E-state index in [1.165, 1.54) is 0 Å². The van der Waals surface area contributed by atoms with E-state index >= 15 is 0 Å². The number of amides is 1. The van der Waals surface area contributed by atoms with E-state index in [1.807, 2.05) is 0 Å². The zero-order valence-corrected chi connectivity index (χ0v) is 10.3. The van der Waals surface area contributed by atoms with Crippen LogP contribution in [-0.2, 0) is 4.79 Å². The predicted octanol–water partition coefficient (Wildman–Crippen LogP) is 2.70. The van der Waals surface area contributed by atoms with E-state index in [0.29, 0.717) is 0 Å². The van der Waals surface area contributed by atoms with Gasteiger partial charge in [-0.2, -0.15) is 0 Å². The average Bonchev–Trinajstić information content (AvgIpc) is 2.76. The molecule has 19 heavy (non-hydrogen) atoms. The quantitative estimate of drug-likeness (QED) is 0.831. The van der Waals surface area contributed by atoms with Crippen molar-refractivity contribution in [1.29, 1.82) is 0 Å². The third-order valence-electron chi connectivity index (χ3n) is 3.42. The fourth-order valence-corrected chi connectivity index (χ4v) is 2.39. The Bertz CT molecular complexity index is 499. The van der Waals surface area contributed by atoms with Gasteiger partial charge in [0.2, 0.25) is 5.91 Å². The Balaban J connectivity index is 2.05. The maximum absolute atomic E-state index is 13.4. The lowest BCUT2D eigenvalue weighted by molar-refractivity contribution is -0.117. The summed E-state index contributed by atoms with van der Waals surface area (Å²) in [7, 11) is 0. The third kappa shape index (κ3) is 3.07. The first kappa shape index (κ1) is 13.9. The molecule has 0 aliphatic heterocycles. The number of benzene rings is 1. The number of halogens is 3. The van der Waals surface area contributed by atoms with Crippen molar-refractivity contribution in [2.45, 2.75) is 37.6 Å². The van der Waals surface area contributed by atoms with E-state index in [2.05, 4.69) is 5.32 Å². The number of nitrogens with one attached hydrogen (secondary N) is 1. The van der Waals surface area contributed by atoms with Crippen molar-refractivity contribution in [1.82, 2.24) is 0 Å². The van der Waals surface area contributed by atoms with Gasteiger partial charge in [-0.25, -0.2) is 13.2 Å². The lowest BCUT2D eigenvalue weighted by atomic mass is 9.94. The second kappa shape index (κ2) is 5.21. The number of anilines is 1. The lowest BCUT2D eigenvalue weighted by Gasteiger charge is -2.22. The van der Waals surface area contributed by atoms with Crippen molar-refractivity contribution in [2.75, 3.05) is 5.32 Å². The van der Waals surface area contributed by atoms with Gasteiger partial charge in [0.15, 0.2) is 17.5 Å². The highest BCUT2D eigenvalue weighted by molar-refractivity contribution is 5.91. The minimum atomic E-state index is -1.60. The van der Waals surface area contributed by atoms with E-state index in [9.17, 15) is 18.0 Å². The van der Waals surface area contributed by atoms with Gasteiger partial charge in [0.25, 0.3) is 0 Å². The van der Waals surface area contributed by atoms with E-state index in [1.54, 1.807) is 0 Å². The Hall–Kier alpha value is -1.56. The summed E-state index contributed by atoms with van der Waals surface area (Å²) in [6.45, 7) is 0. The van der Waals surface area contributed by atoms with Gasteiger partial charge in [-0.05, 0) is 25.0 Å². The molecule has 0 unspecified atom stereocenters. The first-order valence-electron chi connectivity index (χ1n) is 6.13. The summed E-state index contributed by atoms with van der Waals surface area (Å²) in [4.78, 5) is 11.7. The molecular formula is C13H15F3N2O. The molecule has 1 fully saturated rings. The molecule has 0 saturated heterocycles. The summed E-state index contributed by atoms with van der Waals surface area (Å²) in [5, 5.41) is 2.23. The molecule has 1 aliphatic rings. The molecule has 2 rings (SSSR count). The van der Waals surface area contributed by atoms with Crippen molar-refractivity contribution >= 4 is 11.6 Å². The molecular weight excluding hydrogens is 257 g/mol. The molecule has 0 spiro atoms. The topological polar surface area (TPSA) is 55.1 Å². The van der Waals surface area contributed by atoms with Crippen molar-refractivity contribution < 1.29 is 18.0 Å². The molecule has 3 nitrogen and oxygen atoms in total. The largest absolute Gasteiger partial charge is 0.325 e. The summed E-state index contributed by atoms with van der Waals surface area (Å²) < 4.78 is 39.1. The summed E-state index contributed by atoms with van der Waals surface area (Å²) in [5.41, 5.74) is 5.08. The number of rotatable bonds is 3. The summed E-state index contributed by atoms with van der Waals surface area (Å²) in [6.07, 6.45) is 3.44. The molecule has 3 N–H and O–H groups in total. The molecule has 104 valence electrons. The molecule has 1 aliphatic carbocycles. The van der Waals surface area contributed by atoms with Gasteiger partial charge in [0.05, 0.1) is 5.69 Å². The summed E-state index contributed by atoms with van der Waals surface area (Å²) >= 11 is 0. The number of nitrogens with two attached hydrogens (primary N) is 1. The molecule has 1 amide bonds. The van der Waals surface area contributed by atoms with Crippen molar-refractivity contribution in [3.8, 4) is 0 Å². The molecule has 6 heteroatoms. The third-order valence-corrected chi connectivity index (χ3v) is 3.42. The Morgan fingerprint density at radius 3 is 2.47 bits per heavy atom. The lowest BCUT2D eigenvalue weighted by Crippen LogP contribution is -2.40. The maximum Gasteiger partial charge on any atom is 0.226 e. The van der Waals surface area contributed by atoms with Gasteiger partial charge in [0, 0.05) is 12.0 Å². The zero-order chi connectivity index (χ0) is 14.0. The van der Waals surface area contributed by atoms with Crippen LogP contribution in [0.4, 0.5) is 18.9 Å². The summed E-state index contributed by atoms with van der Waals surface area (Å²) in [5.74, 6) is -4.78. The van der Waals surface area contributed by atoms with Crippen LogP contribution in [-0.4, -0.2) is 11.4 Å². The van der Waals surface area contributed by atoms with Crippen LogP contribution >= 0.6 is 0 Å². The van der Waals surface area contributed by atoms with Gasteiger partial charge in [-0.1, -0.05) is 12.8 Å². The highest BCUT2D eigenvalue weighted by atomic mass is 19.2. The van der Waals surface area contributed by atoms with E-state index in [0.717, 1.165) is 37.8 Å². The SMILES string of the molecule is NC1(CC(=O)Nc2ccc(F)c(F)c2F)CCCC1. The van der Waals surface area contributed by atoms with Crippen LogP contribution in [0.15, 0.2) is 12.1 Å². The number of hydrogen-bond donors (Lipinski definition) is 2. The van der Waals surface area contributed by atoms with Crippen LogP contribution in [0.25, 0.3) is 0 Å². The first-order chi connectivity index (χ1) is 8.91. The standard InChI is InChI=1S/C13H15F3N2O/c14-8-3-4-9(12(16)11(8)15)18-10(19)7-13(17)5-1-2-6-13/h3-4H,1-2,5-7,17H2,(H,18,19). The molecule has 1 aromatic rings. The fourth-order valence-electron chi connectivity index (χ4n) is 2.39. The Labute approximate surface area is 109 Å². The van der Waals surface area contributed by atoms with Crippen molar-refractivity contribution in [2.24, 2.45) is 5.73 Å². The maximum atomic E-state index is 13.4.